The highest BCUT2D eigenvalue weighted by molar-refractivity contribution is 7.91. The van der Waals surface area contributed by atoms with Gasteiger partial charge < -0.3 is 5.73 Å². The fourth-order valence-electron chi connectivity index (χ4n) is 1.41. The van der Waals surface area contributed by atoms with Crippen molar-refractivity contribution in [3.8, 4) is 0 Å². The van der Waals surface area contributed by atoms with Crippen molar-refractivity contribution in [2.45, 2.75) is 50.0 Å². The summed E-state index contributed by atoms with van der Waals surface area (Å²) in [5, 5.41) is -0.708. The minimum Gasteiger partial charge on any atom is -0.330 e. The van der Waals surface area contributed by atoms with E-state index in [9.17, 15) is 30.4 Å². The van der Waals surface area contributed by atoms with Gasteiger partial charge in [-0.1, -0.05) is 0 Å². The van der Waals surface area contributed by atoms with E-state index in [1.54, 1.807) is 0 Å². The number of sulfone groups is 1. The van der Waals surface area contributed by atoms with Crippen LogP contribution in [0.3, 0.4) is 0 Å². The van der Waals surface area contributed by atoms with Crippen molar-refractivity contribution in [1.82, 2.24) is 0 Å². The third-order valence-corrected chi connectivity index (χ3v) is 5.09. The average molecular weight is 311 g/mol. The van der Waals surface area contributed by atoms with Crippen molar-refractivity contribution in [3.63, 3.8) is 0 Å². The van der Waals surface area contributed by atoms with E-state index in [4.69, 9.17) is 5.73 Å². The molecule has 0 bridgehead atoms. The molecule has 0 aromatic carbocycles. The van der Waals surface area contributed by atoms with Gasteiger partial charge in [-0.25, -0.2) is 8.42 Å². The Bertz CT molecular complexity index is 367. The second-order valence-electron chi connectivity index (χ2n) is 4.41. The molecule has 19 heavy (non-hydrogen) atoms. The van der Waals surface area contributed by atoms with Crippen LogP contribution in [-0.4, -0.2) is 38.1 Å². The molecule has 1 unspecified atom stereocenters. The van der Waals surface area contributed by atoms with Crippen LogP contribution in [0.15, 0.2) is 0 Å². The molecule has 2 N–H and O–H groups in total. The number of hydrogen-bond acceptors (Lipinski definition) is 3. The number of alkyl halides is 5. The van der Waals surface area contributed by atoms with Crippen molar-refractivity contribution in [2.24, 2.45) is 5.73 Å². The molecule has 116 valence electrons. The lowest BCUT2D eigenvalue weighted by atomic mass is 10.1. The summed E-state index contributed by atoms with van der Waals surface area (Å²) in [6.45, 7) is 1.61. The van der Waals surface area contributed by atoms with Gasteiger partial charge in [-0.15, -0.1) is 0 Å². The van der Waals surface area contributed by atoms with Crippen LogP contribution >= 0.6 is 0 Å². The van der Waals surface area contributed by atoms with Crippen molar-refractivity contribution in [3.05, 3.63) is 0 Å². The quantitative estimate of drug-likeness (QED) is 0.553. The van der Waals surface area contributed by atoms with Crippen LogP contribution in [0.2, 0.25) is 0 Å². The first-order valence-electron chi connectivity index (χ1n) is 5.80. The van der Waals surface area contributed by atoms with Gasteiger partial charge in [0.1, 0.15) is 0 Å². The van der Waals surface area contributed by atoms with E-state index in [0.29, 0.717) is 0 Å². The molecule has 0 aliphatic heterocycles. The van der Waals surface area contributed by atoms with Gasteiger partial charge >= 0.3 is 12.1 Å². The van der Waals surface area contributed by atoms with Gasteiger partial charge in [0, 0.05) is 6.42 Å². The first-order valence-corrected chi connectivity index (χ1v) is 7.52. The summed E-state index contributed by atoms with van der Waals surface area (Å²) in [4.78, 5) is 0. The van der Waals surface area contributed by atoms with E-state index in [2.05, 4.69) is 0 Å². The Morgan fingerprint density at radius 1 is 1.11 bits per heavy atom. The molecular weight excluding hydrogens is 293 g/mol. The maximum absolute atomic E-state index is 12.5. The van der Waals surface area contributed by atoms with Gasteiger partial charge in [-0.2, -0.15) is 22.0 Å². The molecule has 0 spiro atoms. The third-order valence-electron chi connectivity index (χ3n) is 2.77. The number of rotatable bonds is 8. The Morgan fingerprint density at radius 2 is 1.63 bits per heavy atom. The summed E-state index contributed by atoms with van der Waals surface area (Å²) in [5.74, 6) is -5.16. The van der Waals surface area contributed by atoms with Crippen LogP contribution in [0.5, 0.6) is 0 Å². The van der Waals surface area contributed by atoms with E-state index < -0.39 is 45.8 Å². The zero-order valence-corrected chi connectivity index (χ0v) is 11.3. The van der Waals surface area contributed by atoms with E-state index in [1.165, 1.54) is 6.92 Å². The second kappa shape index (κ2) is 6.83. The van der Waals surface area contributed by atoms with Crippen LogP contribution in [0, 0.1) is 0 Å². The molecule has 0 fully saturated rings. The number of unbranched alkanes of at least 4 members (excludes halogenated alkanes) is 1. The second-order valence-corrected chi connectivity index (χ2v) is 6.95. The van der Waals surface area contributed by atoms with Gasteiger partial charge in [0.05, 0.1) is 11.0 Å². The van der Waals surface area contributed by atoms with Gasteiger partial charge in [-0.05, 0) is 32.7 Å². The molecular formula is C10H18F5NO2S. The molecule has 0 rings (SSSR count). The summed E-state index contributed by atoms with van der Waals surface area (Å²) < 4.78 is 83.8. The van der Waals surface area contributed by atoms with Crippen molar-refractivity contribution in [1.29, 1.82) is 0 Å². The first kappa shape index (κ1) is 18.6. The summed E-state index contributed by atoms with van der Waals surface area (Å²) in [6.07, 6.45) is -7.46. The van der Waals surface area contributed by atoms with Gasteiger partial charge in [0.15, 0.2) is 9.84 Å². The van der Waals surface area contributed by atoms with Crippen molar-refractivity contribution < 1.29 is 30.4 Å². The number of hydrogen-bond donors (Lipinski definition) is 1. The van der Waals surface area contributed by atoms with Gasteiger partial charge in [-0.3, -0.25) is 0 Å². The summed E-state index contributed by atoms with van der Waals surface area (Å²) in [7, 11) is -3.48. The third kappa shape index (κ3) is 6.03. The minimum atomic E-state index is -5.58. The fourth-order valence-corrected chi connectivity index (χ4v) is 2.91. The van der Waals surface area contributed by atoms with Crippen LogP contribution in [0.1, 0.15) is 32.6 Å². The molecule has 0 radical (unpaired) electrons. The first-order chi connectivity index (χ1) is 8.44. The monoisotopic (exact) mass is 311 g/mol. The summed E-state index contributed by atoms with van der Waals surface area (Å²) >= 11 is 0. The molecule has 0 saturated heterocycles. The van der Waals surface area contributed by atoms with E-state index >= 15 is 0 Å². The van der Waals surface area contributed by atoms with Crippen LogP contribution < -0.4 is 5.73 Å². The predicted octanol–water partition coefficient (Wildman–Crippen LogP) is 2.51. The lowest BCUT2D eigenvalue weighted by molar-refractivity contribution is -0.284. The van der Waals surface area contributed by atoms with Gasteiger partial charge in [0.2, 0.25) is 0 Å². The van der Waals surface area contributed by atoms with Crippen LogP contribution in [-0.2, 0) is 9.84 Å². The van der Waals surface area contributed by atoms with Crippen LogP contribution in [0.25, 0.3) is 0 Å². The Morgan fingerprint density at radius 3 is 2.05 bits per heavy atom. The zero-order chi connectivity index (χ0) is 15.3. The average Bonchev–Trinajstić information content (AvgIpc) is 2.23. The molecule has 3 nitrogen and oxygen atoms in total. The molecule has 0 amide bonds. The highest BCUT2D eigenvalue weighted by Crippen LogP contribution is 2.39. The topological polar surface area (TPSA) is 60.2 Å². The minimum absolute atomic E-state index is 0.173. The van der Waals surface area contributed by atoms with E-state index in [1.807, 2.05) is 0 Å². The van der Waals surface area contributed by atoms with Crippen LogP contribution in [0.4, 0.5) is 22.0 Å². The van der Waals surface area contributed by atoms with E-state index in [0.717, 1.165) is 0 Å². The lowest BCUT2D eigenvalue weighted by Gasteiger charge is -2.19. The lowest BCUT2D eigenvalue weighted by Crippen LogP contribution is -2.36. The molecule has 0 aliphatic carbocycles. The molecule has 0 aliphatic rings. The molecule has 1 atom stereocenters. The Labute approximate surface area is 109 Å². The normalized spacial score (nSPS) is 15.5. The number of nitrogens with two attached hydrogens (primary N) is 1. The SMILES string of the molecule is CC(CCN)S(=O)(=O)CCCCC(F)(F)C(F)(F)F. The molecule has 9 heteroatoms. The number of halogens is 5. The molecule has 0 aromatic heterocycles. The van der Waals surface area contributed by atoms with Crippen molar-refractivity contribution in [2.75, 3.05) is 12.3 Å². The molecule has 0 saturated carbocycles. The standard InChI is InChI=1S/C10H18F5NO2S/c1-8(4-6-16)19(17,18)7-3-2-5-9(11,12)10(13,14)15/h8H,2-7,16H2,1H3. The van der Waals surface area contributed by atoms with E-state index in [-0.39, 0.29) is 19.4 Å². The maximum Gasteiger partial charge on any atom is 0.453 e. The summed E-state index contributed by atoms with van der Waals surface area (Å²) in [6, 6.07) is 0. The molecule has 0 aromatic rings. The molecule has 0 heterocycles. The Balaban J connectivity index is 4.19. The Kier molecular flexibility index (Phi) is 6.67. The van der Waals surface area contributed by atoms with Crippen molar-refractivity contribution >= 4 is 9.84 Å². The Hall–Kier alpha value is -0.440. The highest BCUT2D eigenvalue weighted by atomic mass is 32.2. The largest absolute Gasteiger partial charge is 0.453 e. The fraction of sp³-hybridized carbons (Fsp3) is 1.00. The zero-order valence-electron chi connectivity index (χ0n) is 10.5. The summed E-state index contributed by atoms with van der Waals surface area (Å²) in [5.41, 5.74) is 5.20. The smallest absolute Gasteiger partial charge is 0.330 e. The van der Waals surface area contributed by atoms with Gasteiger partial charge in [0.25, 0.3) is 0 Å². The maximum atomic E-state index is 12.5. The predicted molar refractivity (Wildman–Crippen MR) is 61.8 cm³/mol. The highest BCUT2D eigenvalue weighted by Gasteiger charge is 2.56.